The molecule has 29 heavy (non-hydrogen) atoms. The molecule has 0 atom stereocenters. The van der Waals surface area contributed by atoms with Gasteiger partial charge in [-0.2, -0.15) is 13.2 Å². The number of nitrogens with one attached hydrogen (secondary N) is 2. The quantitative estimate of drug-likeness (QED) is 0.223. The monoisotopic (exact) mass is 528 g/mol. The van der Waals surface area contributed by atoms with Gasteiger partial charge in [0.15, 0.2) is 5.96 Å². The van der Waals surface area contributed by atoms with E-state index in [1.807, 2.05) is 30.3 Å². The van der Waals surface area contributed by atoms with E-state index >= 15 is 0 Å². The van der Waals surface area contributed by atoms with Gasteiger partial charge < -0.3 is 15.4 Å². The first-order valence-electron chi connectivity index (χ1n) is 9.81. The van der Waals surface area contributed by atoms with E-state index in [0.717, 1.165) is 37.3 Å². The van der Waals surface area contributed by atoms with Gasteiger partial charge in [0.2, 0.25) is 0 Å². The zero-order valence-corrected chi connectivity index (χ0v) is 19.2. The molecule has 0 aliphatic carbocycles. The lowest BCUT2D eigenvalue weighted by Gasteiger charge is -2.32. The third-order valence-electron chi connectivity index (χ3n) is 4.83. The largest absolute Gasteiger partial charge is 0.401 e. The standard InChI is InChI=1S/C20H31F3N4O.HI/c1-24-19(26-11-14-28-15-18-5-3-2-4-6-18)25-10-7-17-8-12-27(13-9-17)16-20(21,22)23;/h2-6,17H,7-16H2,1H3,(H2,24,25,26);1H. The molecular weight excluding hydrogens is 496 g/mol. The van der Waals surface area contributed by atoms with Crippen LogP contribution < -0.4 is 10.6 Å². The molecule has 1 aliphatic rings. The van der Waals surface area contributed by atoms with Crippen LogP contribution in [0.4, 0.5) is 13.2 Å². The van der Waals surface area contributed by atoms with Crippen molar-refractivity contribution in [3.8, 4) is 0 Å². The Balaban J connectivity index is 0.00000420. The summed E-state index contributed by atoms with van der Waals surface area (Å²) in [5, 5.41) is 6.47. The molecule has 0 spiro atoms. The van der Waals surface area contributed by atoms with Crippen LogP contribution >= 0.6 is 24.0 Å². The number of aliphatic imine (C=N–C) groups is 1. The summed E-state index contributed by atoms with van der Waals surface area (Å²) < 4.78 is 42.9. The smallest absolute Gasteiger partial charge is 0.375 e. The molecule has 1 aliphatic heterocycles. The van der Waals surface area contributed by atoms with Crippen LogP contribution in [-0.2, 0) is 11.3 Å². The molecule has 1 heterocycles. The number of alkyl halides is 3. The highest BCUT2D eigenvalue weighted by molar-refractivity contribution is 14.0. The first kappa shape index (κ1) is 26.0. The van der Waals surface area contributed by atoms with Gasteiger partial charge in [0.05, 0.1) is 19.8 Å². The van der Waals surface area contributed by atoms with Crippen molar-refractivity contribution in [2.24, 2.45) is 10.9 Å². The number of rotatable bonds is 9. The van der Waals surface area contributed by atoms with Gasteiger partial charge in [-0.05, 0) is 43.8 Å². The van der Waals surface area contributed by atoms with Crippen molar-refractivity contribution in [2.45, 2.75) is 32.0 Å². The summed E-state index contributed by atoms with van der Waals surface area (Å²) in [5.74, 6) is 1.18. The number of likely N-dealkylation sites (tertiary alicyclic amines) is 1. The fourth-order valence-corrected chi connectivity index (χ4v) is 3.31. The Morgan fingerprint density at radius 2 is 1.79 bits per heavy atom. The lowest BCUT2D eigenvalue weighted by Crippen LogP contribution is -2.42. The SMILES string of the molecule is CN=C(NCCOCc1ccccc1)NCCC1CCN(CC(F)(F)F)CC1.I. The lowest BCUT2D eigenvalue weighted by molar-refractivity contribution is -0.148. The Labute approximate surface area is 188 Å². The van der Waals surface area contributed by atoms with Crippen molar-refractivity contribution in [1.82, 2.24) is 15.5 Å². The second-order valence-corrected chi connectivity index (χ2v) is 7.09. The van der Waals surface area contributed by atoms with Gasteiger partial charge in [-0.3, -0.25) is 9.89 Å². The van der Waals surface area contributed by atoms with Gasteiger partial charge in [-0.15, -0.1) is 24.0 Å². The van der Waals surface area contributed by atoms with Crippen molar-refractivity contribution in [3.05, 3.63) is 35.9 Å². The van der Waals surface area contributed by atoms with E-state index in [1.54, 1.807) is 7.05 Å². The number of piperidine rings is 1. The summed E-state index contributed by atoms with van der Waals surface area (Å²) in [6, 6.07) is 10.0. The summed E-state index contributed by atoms with van der Waals surface area (Å²) in [6.07, 6.45) is -1.53. The Morgan fingerprint density at radius 3 is 2.41 bits per heavy atom. The Hall–Kier alpha value is -1.07. The maximum absolute atomic E-state index is 12.4. The molecule has 1 saturated heterocycles. The van der Waals surface area contributed by atoms with Gasteiger partial charge >= 0.3 is 6.18 Å². The molecule has 5 nitrogen and oxygen atoms in total. The first-order chi connectivity index (χ1) is 13.5. The number of halogens is 4. The Kier molecular flexibility index (Phi) is 12.6. The summed E-state index contributed by atoms with van der Waals surface area (Å²) in [6.45, 7) is 2.83. The summed E-state index contributed by atoms with van der Waals surface area (Å²) in [5.41, 5.74) is 1.14. The minimum atomic E-state index is -4.10. The second-order valence-electron chi connectivity index (χ2n) is 7.09. The first-order valence-corrected chi connectivity index (χ1v) is 9.81. The zero-order valence-electron chi connectivity index (χ0n) is 16.9. The molecule has 0 radical (unpaired) electrons. The van der Waals surface area contributed by atoms with Crippen molar-refractivity contribution in [1.29, 1.82) is 0 Å². The van der Waals surface area contributed by atoms with Crippen LogP contribution in [0.3, 0.4) is 0 Å². The maximum atomic E-state index is 12.4. The minimum absolute atomic E-state index is 0. The molecular formula is C20H32F3IN4O. The number of guanidine groups is 1. The van der Waals surface area contributed by atoms with Crippen LogP contribution in [0.25, 0.3) is 0 Å². The van der Waals surface area contributed by atoms with E-state index in [9.17, 15) is 13.2 Å². The number of nitrogens with zero attached hydrogens (tertiary/aromatic N) is 2. The van der Waals surface area contributed by atoms with Crippen LogP contribution in [-0.4, -0.2) is 63.4 Å². The predicted molar refractivity (Wildman–Crippen MR) is 121 cm³/mol. The molecule has 1 aromatic rings. The summed E-state index contributed by atoms with van der Waals surface area (Å²) >= 11 is 0. The Morgan fingerprint density at radius 1 is 1.14 bits per heavy atom. The summed E-state index contributed by atoms with van der Waals surface area (Å²) in [4.78, 5) is 5.68. The zero-order chi connectivity index (χ0) is 20.2. The topological polar surface area (TPSA) is 48.9 Å². The highest BCUT2D eigenvalue weighted by Crippen LogP contribution is 2.23. The second kappa shape index (κ2) is 14.0. The molecule has 2 rings (SSSR count). The number of ether oxygens (including phenoxy) is 1. The minimum Gasteiger partial charge on any atom is -0.375 e. The van der Waals surface area contributed by atoms with E-state index in [4.69, 9.17) is 4.74 Å². The van der Waals surface area contributed by atoms with Crippen molar-refractivity contribution in [2.75, 3.05) is 46.4 Å². The van der Waals surface area contributed by atoms with Crippen LogP contribution in [0.1, 0.15) is 24.8 Å². The van der Waals surface area contributed by atoms with Crippen molar-refractivity contribution >= 4 is 29.9 Å². The van der Waals surface area contributed by atoms with Crippen LogP contribution in [0.2, 0.25) is 0 Å². The van der Waals surface area contributed by atoms with Gasteiger partial charge in [0, 0.05) is 20.1 Å². The van der Waals surface area contributed by atoms with Gasteiger partial charge in [-0.25, -0.2) is 0 Å². The molecule has 0 aromatic heterocycles. The van der Waals surface area contributed by atoms with Crippen molar-refractivity contribution < 1.29 is 17.9 Å². The van der Waals surface area contributed by atoms with Gasteiger partial charge in [0.1, 0.15) is 0 Å². The Bertz CT molecular complexity index is 579. The van der Waals surface area contributed by atoms with Gasteiger partial charge in [-0.1, -0.05) is 30.3 Å². The van der Waals surface area contributed by atoms with E-state index in [0.29, 0.717) is 38.8 Å². The predicted octanol–water partition coefficient (Wildman–Crippen LogP) is 3.65. The average molecular weight is 528 g/mol. The molecule has 0 bridgehead atoms. The van der Waals surface area contributed by atoms with E-state index in [1.165, 1.54) is 4.90 Å². The van der Waals surface area contributed by atoms with Gasteiger partial charge in [0.25, 0.3) is 0 Å². The molecule has 0 saturated carbocycles. The van der Waals surface area contributed by atoms with Crippen LogP contribution in [0.5, 0.6) is 0 Å². The fourth-order valence-electron chi connectivity index (χ4n) is 3.31. The van der Waals surface area contributed by atoms with Crippen LogP contribution in [0.15, 0.2) is 35.3 Å². The molecule has 0 unspecified atom stereocenters. The molecule has 9 heteroatoms. The normalized spacial score (nSPS) is 16.3. The third-order valence-corrected chi connectivity index (χ3v) is 4.83. The average Bonchev–Trinajstić information content (AvgIpc) is 2.67. The third kappa shape index (κ3) is 11.6. The maximum Gasteiger partial charge on any atom is 0.401 e. The van der Waals surface area contributed by atoms with E-state index in [2.05, 4.69) is 15.6 Å². The number of hydrogen-bond acceptors (Lipinski definition) is 3. The summed E-state index contributed by atoms with van der Waals surface area (Å²) in [7, 11) is 1.72. The molecule has 1 aromatic carbocycles. The molecule has 1 fully saturated rings. The number of benzene rings is 1. The highest BCUT2D eigenvalue weighted by atomic mass is 127. The highest BCUT2D eigenvalue weighted by Gasteiger charge is 2.32. The molecule has 2 N–H and O–H groups in total. The molecule has 166 valence electrons. The molecule has 0 amide bonds. The van der Waals surface area contributed by atoms with Crippen LogP contribution in [0, 0.1) is 5.92 Å². The van der Waals surface area contributed by atoms with E-state index in [-0.39, 0.29) is 24.0 Å². The number of hydrogen-bond donors (Lipinski definition) is 2. The lowest BCUT2D eigenvalue weighted by atomic mass is 9.93. The fraction of sp³-hybridized carbons (Fsp3) is 0.650. The van der Waals surface area contributed by atoms with E-state index < -0.39 is 12.7 Å². The van der Waals surface area contributed by atoms with Crippen molar-refractivity contribution in [3.63, 3.8) is 0 Å².